The Kier molecular flexibility index (Phi) is 4.64. The molecule has 0 N–H and O–H groups in total. The van der Waals surface area contributed by atoms with Gasteiger partial charge in [0, 0.05) is 17.5 Å². The van der Waals surface area contributed by atoms with Gasteiger partial charge in [-0.1, -0.05) is 13.3 Å². The number of benzene rings is 1. The predicted octanol–water partition coefficient (Wildman–Crippen LogP) is 4.39. The molecule has 1 aromatic heterocycles. The van der Waals surface area contributed by atoms with Crippen LogP contribution in [0.2, 0.25) is 0 Å². The monoisotopic (exact) mass is 324 g/mol. The van der Waals surface area contributed by atoms with Crippen LogP contribution in [-0.4, -0.2) is 5.01 Å². The molecular formula is C15H17BrO3. The average Bonchev–Trinajstić information content (AvgIpc) is 2.35. The zero-order chi connectivity index (χ0) is 13.8. The summed E-state index contributed by atoms with van der Waals surface area (Å²) in [6, 6.07) is 7.08. The van der Waals surface area contributed by atoms with Gasteiger partial charge in [-0.3, -0.25) is 0 Å². The first kappa shape index (κ1) is 14.1. The molecule has 0 aliphatic heterocycles. The first-order valence-electron chi connectivity index (χ1n) is 6.45. The van der Waals surface area contributed by atoms with E-state index < -0.39 is 0 Å². The van der Waals surface area contributed by atoms with Crippen LogP contribution in [0.1, 0.15) is 31.7 Å². The highest BCUT2D eigenvalue weighted by Gasteiger charge is 2.08. The highest BCUT2D eigenvalue weighted by Crippen LogP contribution is 2.24. The lowest BCUT2D eigenvalue weighted by atomic mass is 10.1. The van der Waals surface area contributed by atoms with Crippen molar-refractivity contribution in [3.8, 4) is 5.75 Å². The van der Waals surface area contributed by atoms with Crippen LogP contribution in [0.4, 0.5) is 0 Å². The van der Waals surface area contributed by atoms with Crippen LogP contribution < -0.4 is 10.4 Å². The first-order chi connectivity index (χ1) is 9.10. The molecule has 2 aromatic rings. The van der Waals surface area contributed by atoms with E-state index in [4.69, 9.17) is 9.15 Å². The Hall–Kier alpha value is -1.29. The maximum atomic E-state index is 11.4. The molecule has 3 nitrogen and oxygen atoms in total. The zero-order valence-corrected chi connectivity index (χ0v) is 12.7. The van der Waals surface area contributed by atoms with Crippen LogP contribution in [0.25, 0.3) is 11.0 Å². The summed E-state index contributed by atoms with van der Waals surface area (Å²) in [5.74, 6) is 0.708. The molecule has 0 fully saturated rings. The lowest BCUT2D eigenvalue weighted by molar-refractivity contribution is 0.279. The van der Waals surface area contributed by atoms with E-state index in [9.17, 15) is 4.79 Å². The van der Waals surface area contributed by atoms with Crippen LogP contribution in [-0.2, 0) is 0 Å². The van der Waals surface area contributed by atoms with Crippen molar-refractivity contribution in [1.29, 1.82) is 0 Å². The molecular weight excluding hydrogens is 308 g/mol. The van der Waals surface area contributed by atoms with Crippen LogP contribution in [0.3, 0.4) is 0 Å². The highest BCUT2D eigenvalue weighted by molar-refractivity contribution is 9.09. The number of ether oxygens (including phenoxy) is 1. The second kappa shape index (κ2) is 6.24. The largest absolute Gasteiger partial charge is 0.479 e. The average molecular weight is 325 g/mol. The first-order valence-corrected chi connectivity index (χ1v) is 7.37. The Morgan fingerprint density at radius 1 is 1.37 bits per heavy atom. The molecule has 19 heavy (non-hydrogen) atoms. The standard InChI is InChI=1S/C15H17BrO3/c1-3-4-5-14(16)18-11-6-7-12-10(2)8-15(17)19-13(12)9-11/h6-9,14H,3-5H2,1-2H3. The van der Waals surface area contributed by atoms with Gasteiger partial charge in [-0.25, -0.2) is 4.79 Å². The van der Waals surface area contributed by atoms with Gasteiger partial charge in [-0.15, -0.1) is 0 Å². The van der Waals surface area contributed by atoms with Crippen molar-refractivity contribution in [2.75, 3.05) is 0 Å². The van der Waals surface area contributed by atoms with E-state index in [1.807, 2.05) is 19.1 Å². The van der Waals surface area contributed by atoms with Crippen molar-refractivity contribution in [2.24, 2.45) is 0 Å². The third kappa shape index (κ3) is 3.60. The molecule has 1 heterocycles. The van der Waals surface area contributed by atoms with Crippen molar-refractivity contribution < 1.29 is 9.15 Å². The molecule has 4 heteroatoms. The molecule has 0 aliphatic carbocycles. The molecule has 1 atom stereocenters. The van der Waals surface area contributed by atoms with E-state index >= 15 is 0 Å². The zero-order valence-electron chi connectivity index (χ0n) is 11.1. The summed E-state index contributed by atoms with van der Waals surface area (Å²) >= 11 is 3.49. The molecule has 0 saturated heterocycles. The van der Waals surface area contributed by atoms with Crippen LogP contribution in [0, 0.1) is 6.92 Å². The maximum absolute atomic E-state index is 11.4. The van der Waals surface area contributed by atoms with Gasteiger partial charge >= 0.3 is 5.63 Å². The molecule has 0 radical (unpaired) electrons. The van der Waals surface area contributed by atoms with Gasteiger partial charge in [0.25, 0.3) is 0 Å². The molecule has 0 amide bonds. The van der Waals surface area contributed by atoms with Crippen LogP contribution in [0.5, 0.6) is 5.75 Å². The van der Waals surface area contributed by atoms with Gasteiger partial charge in [0.2, 0.25) is 0 Å². The minimum atomic E-state index is -0.330. The topological polar surface area (TPSA) is 39.4 Å². The van der Waals surface area contributed by atoms with E-state index in [1.165, 1.54) is 6.07 Å². The fourth-order valence-corrected chi connectivity index (χ4v) is 2.49. The number of alkyl halides is 1. The fourth-order valence-electron chi connectivity index (χ4n) is 1.95. The number of unbranched alkanes of at least 4 members (excludes halogenated alkanes) is 1. The lowest BCUT2D eigenvalue weighted by Gasteiger charge is -2.13. The Morgan fingerprint density at radius 2 is 2.16 bits per heavy atom. The molecule has 102 valence electrons. The molecule has 1 aromatic carbocycles. The molecule has 0 saturated carbocycles. The third-order valence-electron chi connectivity index (χ3n) is 2.97. The summed E-state index contributed by atoms with van der Waals surface area (Å²) in [5.41, 5.74) is 1.15. The summed E-state index contributed by atoms with van der Waals surface area (Å²) < 4.78 is 11.0. The van der Waals surface area contributed by atoms with Crippen molar-refractivity contribution >= 4 is 26.9 Å². The molecule has 2 rings (SSSR count). The fraction of sp³-hybridized carbons (Fsp3) is 0.400. The number of hydrogen-bond acceptors (Lipinski definition) is 3. The SMILES string of the molecule is CCCCC(Br)Oc1ccc2c(C)cc(=O)oc2c1. The summed E-state index contributed by atoms with van der Waals surface area (Å²) in [5, 5.41) is 0.924. The molecule has 1 unspecified atom stereocenters. The second-order valence-corrected chi connectivity index (χ2v) is 5.60. The van der Waals surface area contributed by atoms with E-state index in [2.05, 4.69) is 22.9 Å². The summed E-state index contributed by atoms with van der Waals surface area (Å²) in [6.45, 7) is 4.04. The number of hydrogen-bond donors (Lipinski definition) is 0. The van der Waals surface area contributed by atoms with Crippen molar-refractivity contribution in [2.45, 2.75) is 38.1 Å². The van der Waals surface area contributed by atoms with Crippen LogP contribution >= 0.6 is 15.9 Å². The van der Waals surface area contributed by atoms with Crippen molar-refractivity contribution in [3.63, 3.8) is 0 Å². The summed E-state index contributed by atoms with van der Waals surface area (Å²) in [4.78, 5) is 11.4. The predicted molar refractivity (Wildman–Crippen MR) is 80.1 cm³/mol. The maximum Gasteiger partial charge on any atom is 0.336 e. The minimum Gasteiger partial charge on any atom is -0.479 e. The molecule has 0 aliphatic rings. The second-order valence-electron chi connectivity index (χ2n) is 4.58. The van der Waals surface area contributed by atoms with Crippen molar-refractivity contribution in [3.05, 3.63) is 40.2 Å². The van der Waals surface area contributed by atoms with Gasteiger partial charge in [0.1, 0.15) is 11.3 Å². The quantitative estimate of drug-likeness (QED) is 0.604. The van der Waals surface area contributed by atoms with E-state index in [0.29, 0.717) is 11.3 Å². The van der Waals surface area contributed by atoms with Crippen molar-refractivity contribution in [1.82, 2.24) is 0 Å². The normalized spacial score (nSPS) is 12.6. The van der Waals surface area contributed by atoms with E-state index in [-0.39, 0.29) is 10.6 Å². The lowest BCUT2D eigenvalue weighted by Crippen LogP contribution is -2.07. The van der Waals surface area contributed by atoms with Crippen LogP contribution in [0.15, 0.2) is 33.5 Å². The minimum absolute atomic E-state index is 0.0126. The molecule has 0 spiro atoms. The summed E-state index contributed by atoms with van der Waals surface area (Å²) in [7, 11) is 0. The van der Waals surface area contributed by atoms with Gasteiger partial charge in [0.05, 0.1) is 0 Å². The number of halogens is 1. The number of rotatable bonds is 5. The van der Waals surface area contributed by atoms with Gasteiger partial charge < -0.3 is 9.15 Å². The Balaban J connectivity index is 2.24. The number of fused-ring (bicyclic) bond motifs is 1. The smallest absolute Gasteiger partial charge is 0.336 e. The van der Waals surface area contributed by atoms with Gasteiger partial charge in [-0.2, -0.15) is 0 Å². The molecule has 0 bridgehead atoms. The number of aryl methyl sites for hydroxylation is 1. The summed E-state index contributed by atoms with van der Waals surface area (Å²) in [6.07, 6.45) is 3.20. The Labute approximate surface area is 120 Å². The van der Waals surface area contributed by atoms with E-state index in [0.717, 1.165) is 30.2 Å². The Bertz CT molecular complexity index is 618. The Morgan fingerprint density at radius 3 is 2.89 bits per heavy atom. The third-order valence-corrected chi connectivity index (χ3v) is 3.62. The van der Waals surface area contributed by atoms with E-state index in [1.54, 1.807) is 6.07 Å². The van der Waals surface area contributed by atoms with Gasteiger partial charge in [0.15, 0.2) is 5.01 Å². The van der Waals surface area contributed by atoms with Gasteiger partial charge in [-0.05, 0) is 53.4 Å². The highest BCUT2D eigenvalue weighted by atomic mass is 79.9.